The Labute approximate surface area is 170 Å². The number of rotatable bonds is 5. The highest BCUT2D eigenvalue weighted by Crippen LogP contribution is 2.29. The zero-order chi connectivity index (χ0) is 19.6. The normalized spacial score (nSPS) is 23.0. The van der Waals surface area contributed by atoms with Gasteiger partial charge in [-0.25, -0.2) is 0 Å². The molecule has 5 heteroatoms. The minimum absolute atomic E-state index is 0.126. The molecule has 0 aliphatic carbocycles. The lowest BCUT2D eigenvalue weighted by Crippen LogP contribution is -2.57. The molecule has 0 spiro atoms. The Morgan fingerprint density at radius 1 is 0.931 bits per heavy atom. The fourth-order valence-electron chi connectivity index (χ4n) is 4.30. The van der Waals surface area contributed by atoms with Gasteiger partial charge in [0.05, 0.1) is 0 Å². The second-order valence-corrected chi connectivity index (χ2v) is 7.82. The van der Waals surface area contributed by atoms with Gasteiger partial charge < -0.3 is 19.4 Å². The van der Waals surface area contributed by atoms with E-state index in [4.69, 9.17) is 9.15 Å². The number of para-hydroxylation sites is 1. The van der Waals surface area contributed by atoms with Crippen LogP contribution in [0.15, 0.2) is 71.1 Å². The summed E-state index contributed by atoms with van der Waals surface area (Å²) in [6.45, 7) is 3.27. The van der Waals surface area contributed by atoms with Gasteiger partial charge in [-0.2, -0.15) is 0 Å². The molecule has 2 aromatic carbocycles. The molecule has 3 saturated heterocycles. The largest absolute Gasteiger partial charge is 0.457 e. The Hall–Kier alpha value is -3.05. The molecule has 148 valence electrons. The second-order valence-electron chi connectivity index (χ2n) is 7.82. The van der Waals surface area contributed by atoms with E-state index in [0.29, 0.717) is 17.4 Å². The van der Waals surface area contributed by atoms with Crippen molar-refractivity contribution < 1.29 is 13.9 Å². The molecule has 2 bridgehead atoms. The summed E-state index contributed by atoms with van der Waals surface area (Å²) in [5, 5.41) is 3.17. The van der Waals surface area contributed by atoms with Crippen molar-refractivity contribution in [1.29, 1.82) is 0 Å². The number of benzene rings is 2. The van der Waals surface area contributed by atoms with Crippen LogP contribution in [0.3, 0.4) is 0 Å². The minimum atomic E-state index is -0.126. The van der Waals surface area contributed by atoms with Gasteiger partial charge in [0.1, 0.15) is 17.3 Å². The summed E-state index contributed by atoms with van der Waals surface area (Å²) < 4.78 is 11.7. The number of ether oxygens (including phenoxy) is 1. The maximum atomic E-state index is 12.6. The van der Waals surface area contributed by atoms with Crippen molar-refractivity contribution in [2.45, 2.75) is 18.9 Å². The Balaban J connectivity index is 1.24. The maximum absolute atomic E-state index is 12.6. The predicted molar refractivity (Wildman–Crippen MR) is 111 cm³/mol. The number of piperidine rings is 3. The summed E-state index contributed by atoms with van der Waals surface area (Å²) in [5.74, 6) is 3.06. The first-order valence-electron chi connectivity index (χ1n) is 10.2. The van der Waals surface area contributed by atoms with Crippen molar-refractivity contribution >= 4 is 5.91 Å². The molecule has 5 nitrogen and oxygen atoms in total. The Morgan fingerprint density at radius 2 is 1.66 bits per heavy atom. The third kappa shape index (κ3) is 3.91. The summed E-state index contributed by atoms with van der Waals surface area (Å²) in [6.07, 6.45) is 2.34. The molecule has 1 aromatic heterocycles. The summed E-state index contributed by atoms with van der Waals surface area (Å²) in [6, 6.07) is 21.2. The minimum Gasteiger partial charge on any atom is -0.457 e. The van der Waals surface area contributed by atoms with Crippen molar-refractivity contribution in [2.75, 3.05) is 19.6 Å². The Bertz CT molecular complexity index is 973. The average molecular weight is 388 g/mol. The lowest BCUT2D eigenvalue weighted by atomic mass is 9.84. The molecular weight excluding hydrogens is 364 g/mol. The topological polar surface area (TPSA) is 54.7 Å². The first kappa shape index (κ1) is 18.0. The lowest BCUT2D eigenvalue weighted by molar-refractivity contribution is 0.0606. The molecule has 4 heterocycles. The van der Waals surface area contributed by atoms with E-state index >= 15 is 0 Å². The summed E-state index contributed by atoms with van der Waals surface area (Å²) >= 11 is 0. The molecule has 6 rings (SSSR count). The number of nitrogens with zero attached hydrogens (tertiary/aromatic N) is 1. The summed E-state index contributed by atoms with van der Waals surface area (Å²) in [7, 11) is 0. The number of hydrogen-bond donors (Lipinski definition) is 1. The van der Waals surface area contributed by atoms with Gasteiger partial charge in [-0.15, -0.1) is 0 Å². The first-order valence-corrected chi connectivity index (χ1v) is 10.2. The van der Waals surface area contributed by atoms with Crippen LogP contribution in [0.1, 0.15) is 23.4 Å². The van der Waals surface area contributed by atoms with Crippen LogP contribution in [0, 0.1) is 5.92 Å². The van der Waals surface area contributed by atoms with Crippen LogP contribution < -0.4 is 10.1 Å². The van der Waals surface area contributed by atoms with Gasteiger partial charge in [0, 0.05) is 18.2 Å². The predicted octanol–water partition coefficient (Wildman–Crippen LogP) is 4.56. The molecule has 0 unspecified atom stereocenters. The van der Waals surface area contributed by atoms with E-state index in [1.54, 1.807) is 6.07 Å². The molecule has 3 aliphatic rings. The van der Waals surface area contributed by atoms with Crippen LogP contribution in [-0.2, 0) is 0 Å². The highest BCUT2D eigenvalue weighted by molar-refractivity contribution is 5.92. The molecule has 3 aliphatic heterocycles. The van der Waals surface area contributed by atoms with E-state index in [-0.39, 0.29) is 11.9 Å². The second kappa shape index (κ2) is 7.76. The van der Waals surface area contributed by atoms with Gasteiger partial charge in [0.25, 0.3) is 5.91 Å². The zero-order valence-corrected chi connectivity index (χ0v) is 16.2. The molecule has 3 fully saturated rings. The molecular formula is C24H24N2O3. The van der Waals surface area contributed by atoms with Gasteiger partial charge in [0.15, 0.2) is 5.76 Å². The number of fused-ring (bicyclic) bond motifs is 3. The third-order valence-corrected chi connectivity index (χ3v) is 5.92. The van der Waals surface area contributed by atoms with Crippen LogP contribution >= 0.6 is 0 Å². The van der Waals surface area contributed by atoms with Gasteiger partial charge in [0.2, 0.25) is 0 Å². The number of furan rings is 1. The fourth-order valence-corrected chi connectivity index (χ4v) is 4.30. The zero-order valence-electron chi connectivity index (χ0n) is 16.2. The van der Waals surface area contributed by atoms with Gasteiger partial charge in [-0.3, -0.25) is 4.79 Å². The van der Waals surface area contributed by atoms with E-state index < -0.39 is 0 Å². The van der Waals surface area contributed by atoms with Crippen LogP contribution in [0.5, 0.6) is 11.5 Å². The van der Waals surface area contributed by atoms with Crippen molar-refractivity contribution in [3.05, 3.63) is 72.5 Å². The van der Waals surface area contributed by atoms with Crippen LogP contribution in [0.2, 0.25) is 0 Å². The van der Waals surface area contributed by atoms with E-state index in [1.807, 2.05) is 60.7 Å². The molecule has 3 aromatic rings. The maximum Gasteiger partial charge on any atom is 0.287 e. The van der Waals surface area contributed by atoms with Crippen molar-refractivity contribution in [1.82, 2.24) is 10.2 Å². The summed E-state index contributed by atoms with van der Waals surface area (Å²) in [4.78, 5) is 15.1. The standard InChI is InChI=1S/C24H24N2O3/c27-24(25-21-16-26-14-12-17(21)13-15-26)23-11-10-22(29-23)18-6-8-20(9-7-18)28-19-4-2-1-3-5-19/h1-11,17,21H,12-16H2,(H,25,27)/t21-/m0/s1. The average Bonchev–Trinajstić information content (AvgIpc) is 3.26. The highest BCUT2D eigenvalue weighted by Gasteiger charge is 2.35. The first-order chi connectivity index (χ1) is 14.2. The number of nitrogens with one attached hydrogen (secondary N) is 1. The smallest absolute Gasteiger partial charge is 0.287 e. The highest BCUT2D eigenvalue weighted by atomic mass is 16.5. The van der Waals surface area contributed by atoms with Crippen LogP contribution in [-0.4, -0.2) is 36.5 Å². The molecule has 29 heavy (non-hydrogen) atoms. The van der Waals surface area contributed by atoms with Crippen molar-refractivity contribution in [3.8, 4) is 22.8 Å². The fraction of sp³-hybridized carbons (Fsp3) is 0.292. The number of hydrogen-bond acceptors (Lipinski definition) is 4. The van der Waals surface area contributed by atoms with E-state index in [1.165, 1.54) is 12.8 Å². The molecule has 0 radical (unpaired) electrons. The van der Waals surface area contributed by atoms with Crippen molar-refractivity contribution in [3.63, 3.8) is 0 Å². The lowest BCUT2D eigenvalue weighted by Gasteiger charge is -2.44. The number of carbonyl (C=O) groups excluding carboxylic acids is 1. The number of carbonyl (C=O) groups is 1. The molecule has 1 N–H and O–H groups in total. The van der Waals surface area contributed by atoms with Crippen molar-refractivity contribution in [2.24, 2.45) is 5.92 Å². The Morgan fingerprint density at radius 3 is 2.34 bits per heavy atom. The quantitative estimate of drug-likeness (QED) is 0.696. The van der Waals surface area contributed by atoms with E-state index in [0.717, 1.165) is 36.7 Å². The molecule has 1 amide bonds. The summed E-state index contributed by atoms with van der Waals surface area (Å²) in [5.41, 5.74) is 0.910. The number of amides is 1. The van der Waals surface area contributed by atoms with Gasteiger partial charge >= 0.3 is 0 Å². The van der Waals surface area contributed by atoms with Crippen LogP contribution in [0.25, 0.3) is 11.3 Å². The third-order valence-electron chi connectivity index (χ3n) is 5.92. The monoisotopic (exact) mass is 388 g/mol. The Kier molecular flexibility index (Phi) is 4.82. The van der Waals surface area contributed by atoms with Crippen LogP contribution in [0.4, 0.5) is 0 Å². The SMILES string of the molecule is O=C(N[C@H]1CN2CCC1CC2)c1ccc(-c2ccc(Oc3ccccc3)cc2)o1. The van der Waals surface area contributed by atoms with Gasteiger partial charge in [-0.1, -0.05) is 18.2 Å². The molecule has 1 atom stereocenters. The molecule has 0 saturated carbocycles. The van der Waals surface area contributed by atoms with E-state index in [9.17, 15) is 4.79 Å². The van der Waals surface area contributed by atoms with Gasteiger partial charge in [-0.05, 0) is 80.4 Å². The van der Waals surface area contributed by atoms with E-state index in [2.05, 4.69) is 10.2 Å².